The fraction of sp³-hybridized carbons (Fsp3) is 0.200. The molecule has 0 heterocycles. The molecular weight excluding hydrogens is 310 g/mol. The van der Waals surface area contributed by atoms with E-state index in [1.165, 1.54) is 16.7 Å². The molecule has 1 nitrogen and oxygen atoms in total. The summed E-state index contributed by atoms with van der Waals surface area (Å²) >= 11 is 9.61. The number of rotatable bonds is 3. The Hall–Kier alpha value is -0.990. The standard InChI is InChI=1S/C15H15BrClN/c1-10-4-3-5-11(2)13(10)9-18-15-8-12(16)6-7-14(15)17/h3-8,18H,9H2,1-2H3. The highest BCUT2D eigenvalue weighted by Gasteiger charge is 2.04. The monoisotopic (exact) mass is 323 g/mol. The molecule has 0 aliphatic rings. The predicted octanol–water partition coefficient (Wildman–Crippen LogP) is 5.33. The van der Waals surface area contributed by atoms with Crippen LogP contribution in [0.25, 0.3) is 0 Å². The van der Waals surface area contributed by atoms with Gasteiger partial charge < -0.3 is 5.32 Å². The van der Waals surface area contributed by atoms with Crippen molar-refractivity contribution >= 4 is 33.2 Å². The van der Waals surface area contributed by atoms with Crippen LogP contribution >= 0.6 is 27.5 Å². The van der Waals surface area contributed by atoms with Crippen molar-refractivity contribution in [3.63, 3.8) is 0 Å². The molecule has 0 aromatic heterocycles. The number of benzene rings is 2. The van der Waals surface area contributed by atoms with Gasteiger partial charge in [0.1, 0.15) is 0 Å². The van der Waals surface area contributed by atoms with Gasteiger partial charge in [0.25, 0.3) is 0 Å². The largest absolute Gasteiger partial charge is 0.380 e. The molecule has 0 atom stereocenters. The summed E-state index contributed by atoms with van der Waals surface area (Å²) in [4.78, 5) is 0. The average Bonchev–Trinajstić information content (AvgIpc) is 2.33. The highest BCUT2D eigenvalue weighted by Crippen LogP contribution is 2.26. The van der Waals surface area contributed by atoms with Gasteiger partial charge >= 0.3 is 0 Å². The molecule has 0 spiro atoms. The molecule has 2 aromatic rings. The molecule has 1 N–H and O–H groups in total. The number of aryl methyl sites for hydroxylation is 2. The molecule has 0 aliphatic heterocycles. The van der Waals surface area contributed by atoms with E-state index in [9.17, 15) is 0 Å². The van der Waals surface area contributed by atoms with Gasteiger partial charge in [0.2, 0.25) is 0 Å². The van der Waals surface area contributed by atoms with E-state index in [0.29, 0.717) is 0 Å². The molecule has 0 amide bonds. The SMILES string of the molecule is Cc1cccc(C)c1CNc1cc(Br)ccc1Cl. The van der Waals surface area contributed by atoms with E-state index >= 15 is 0 Å². The molecule has 94 valence electrons. The quantitative estimate of drug-likeness (QED) is 0.804. The molecule has 2 rings (SSSR count). The van der Waals surface area contributed by atoms with Gasteiger partial charge in [-0.05, 0) is 48.7 Å². The Morgan fingerprint density at radius 2 is 1.78 bits per heavy atom. The lowest BCUT2D eigenvalue weighted by Crippen LogP contribution is -2.03. The first-order valence-electron chi connectivity index (χ1n) is 5.82. The zero-order valence-corrected chi connectivity index (χ0v) is 12.8. The Kier molecular flexibility index (Phi) is 4.31. The van der Waals surface area contributed by atoms with Gasteiger partial charge in [0, 0.05) is 11.0 Å². The molecule has 2 aromatic carbocycles. The van der Waals surface area contributed by atoms with Crippen molar-refractivity contribution in [2.45, 2.75) is 20.4 Å². The molecule has 0 saturated carbocycles. The Balaban J connectivity index is 2.19. The summed E-state index contributed by atoms with van der Waals surface area (Å²) in [6.45, 7) is 5.05. The maximum absolute atomic E-state index is 6.16. The first-order valence-corrected chi connectivity index (χ1v) is 6.99. The second-order valence-corrected chi connectivity index (χ2v) is 5.67. The molecule has 0 radical (unpaired) electrons. The minimum atomic E-state index is 0.740. The van der Waals surface area contributed by atoms with Crippen molar-refractivity contribution in [3.05, 3.63) is 62.6 Å². The molecule has 0 saturated heterocycles. The first-order chi connectivity index (χ1) is 8.58. The Labute approximate surface area is 121 Å². The summed E-state index contributed by atoms with van der Waals surface area (Å²) in [7, 11) is 0. The van der Waals surface area contributed by atoms with Crippen LogP contribution in [0.15, 0.2) is 40.9 Å². The molecule has 0 aliphatic carbocycles. The average molecular weight is 325 g/mol. The third-order valence-corrected chi connectivity index (χ3v) is 3.85. The van der Waals surface area contributed by atoms with Gasteiger partial charge in [-0.3, -0.25) is 0 Å². The number of halogens is 2. The first kappa shape index (κ1) is 13.4. The summed E-state index contributed by atoms with van der Waals surface area (Å²) in [5.41, 5.74) is 4.88. The summed E-state index contributed by atoms with van der Waals surface area (Å²) in [6, 6.07) is 12.2. The molecule has 18 heavy (non-hydrogen) atoms. The van der Waals surface area contributed by atoms with Gasteiger partial charge in [-0.1, -0.05) is 45.7 Å². The second-order valence-electron chi connectivity index (χ2n) is 4.35. The maximum atomic E-state index is 6.16. The summed E-state index contributed by atoms with van der Waals surface area (Å²) < 4.78 is 1.02. The third-order valence-electron chi connectivity index (χ3n) is 3.03. The van der Waals surface area contributed by atoms with Crippen LogP contribution in [0.3, 0.4) is 0 Å². The number of anilines is 1. The normalized spacial score (nSPS) is 10.4. The van der Waals surface area contributed by atoms with Gasteiger partial charge in [-0.2, -0.15) is 0 Å². The van der Waals surface area contributed by atoms with Gasteiger partial charge in [0.05, 0.1) is 10.7 Å². The van der Waals surface area contributed by atoms with Crippen molar-refractivity contribution < 1.29 is 0 Å². The van der Waals surface area contributed by atoms with Crippen molar-refractivity contribution in [2.75, 3.05) is 5.32 Å². The minimum absolute atomic E-state index is 0.740. The van der Waals surface area contributed by atoms with Crippen LogP contribution in [0.2, 0.25) is 5.02 Å². The molecular formula is C15H15BrClN. The van der Waals surface area contributed by atoms with Crippen LogP contribution in [-0.4, -0.2) is 0 Å². The summed E-state index contributed by atoms with van der Waals surface area (Å²) in [5, 5.41) is 4.13. The van der Waals surface area contributed by atoms with Crippen LogP contribution < -0.4 is 5.32 Å². The van der Waals surface area contributed by atoms with E-state index in [1.54, 1.807) is 0 Å². The zero-order valence-electron chi connectivity index (χ0n) is 10.4. The Morgan fingerprint density at radius 3 is 2.44 bits per heavy atom. The van der Waals surface area contributed by atoms with E-state index in [2.05, 4.69) is 53.3 Å². The maximum Gasteiger partial charge on any atom is 0.0638 e. The number of hydrogen-bond acceptors (Lipinski definition) is 1. The molecule has 0 fully saturated rings. The van der Waals surface area contributed by atoms with Crippen molar-refractivity contribution in [1.29, 1.82) is 0 Å². The van der Waals surface area contributed by atoms with E-state index in [-0.39, 0.29) is 0 Å². The topological polar surface area (TPSA) is 12.0 Å². The van der Waals surface area contributed by atoms with Gasteiger partial charge in [-0.25, -0.2) is 0 Å². The third kappa shape index (κ3) is 3.06. The lowest BCUT2D eigenvalue weighted by atomic mass is 10.0. The Bertz CT molecular complexity index is 546. The number of hydrogen-bond donors (Lipinski definition) is 1. The highest BCUT2D eigenvalue weighted by molar-refractivity contribution is 9.10. The molecule has 3 heteroatoms. The lowest BCUT2D eigenvalue weighted by Gasteiger charge is -2.13. The Morgan fingerprint density at radius 1 is 1.11 bits per heavy atom. The summed E-state index contributed by atoms with van der Waals surface area (Å²) in [5.74, 6) is 0. The van der Waals surface area contributed by atoms with Crippen molar-refractivity contribution in [3.8, 4) is 0 Å². The smallest absolute Gasteiger partial charge is 0.0638 e. The highest BCUT2D eigenvalue weighted by atomic mass is 79.9. The van der Waals surface area contributed by atoms with Crippen LogP contribution in [0.5, 0.6) is 0 Å². The number of nitrogens with one attached hydrogen (secondary N) is 1. The van der Waals surface area contributed by atoms with Crippen molar-refractivity contribution in [2.24, 2.45) is 0 Å². The predicted molar refractivity (Wildman–Crippen MR) is 82.4 cm³/mol. The fourth-order valence-corrected chi connectivity index (χ4v) is 2.49. The van der Waals surface area contributed by atoms with Crippen LogP contribution in [0.4, 0.5) is 5.69 Å². The summed E-state index contributed by atoms with van der Waals surface area (Å²) in [6.07, 6.45) is 0. The van der Waals surface area contributed by atoms with E-state index in [4.69, 9.17) is 11.6 Å². The van der Waals surface area contributed by atoms with E-state index in [1.807, 2.05) is 18.2 Å². The molecule has 0 bridgehead atoms. The lowest BCUT2D eigenvalue weighted by molar-refractivity contribution is 1.09. The minimum Gasteiger partial charge on any atom is -0.380 e. The molecule has 0 unspecified atom stereocenters. The van der Waals surface area contributed by atoms with Crippen molar-refractivity contribution in [1.82, 2.24) is 0 Å². The van der Waals surface area contributed by atoms with Crippen LogP contribution in [-0.2, 0) is 6.54 Å². The van der Waals surface area contributed by atoms with E-state index < -0.39 is 0 Å². The fourth-order valence-electron chi connectivity index (χ4n) is 1.94. The zero-order chi connectivity index (χ0) is 13.1. The van der Waals surface area contributed by atoms with Crippen LogP contribution in [0.1, 0.15) is 16.7 Å². The van der Waals surface area contributed by atoms with Crippen LogP contribution in [0, 0.1) is 13.8 Å². The van der Waals surface area contributed by atoms with Gasteiger partial charge in [-0.15, -0.1) is 0 Å². The van der Waals surface area contributed by atoms with Gasteiger partial charge in [0.15, 0.2) is 0 Å². The second kappa shape index (κ2) is 5.77. The van der Waals surface area contributed by atoms with E-state index in [0.717, 1.165) is 21.7 Å².